The molecular weight excluding hydrogens is 254 g/mol. The fourth-order valence-corrected chi connectivity index (χ4v) is 2.37. The number of carbonyl (C=O) groups is 1. The number of carbonyl (C=O) groups excluding carboxylic acids is 1. The maximum absolute atomic E-state index is 12.0. The van der Waals surface area contributed by atoms with E-state index in [1.54, 1.807) is 18.3 Å². The van der Waals surface area contributed by atoms with Gasteiger partial charge in [0, 0.05) is 6.07 Å². The van der Waals surface area contributed by atoms with E-state index in [4.69, 9.17) is 9.47 Å². The molecular formula is C16H23NO3. The molecule has 0 saturated heterocycles. The van der Waals surface area contributed by atoms with Crippen LogP contribution in [0, 0.1) is 5.92 Å². The first kappa shape index (κ1) is 14.8. The van der Waals surface area contributed by atoms with Gasteiger partial charge < -0.3 is 9.47 Å². The summed E-state index contributed by atoms with van der Waals surface area (Å²) >= 11 is 0. The van der Waals surface area contributed by atoms with Crippen LogP contribution in [-0.2, 0) is 4.79 Å². The zero-order valence-corrected chi connectivity index (χ0v) is 12.1. The fraction of sp³-hybridized carbons (Fsp3) is 0.625. The summed E-state index contributed by atoms with van der Waals surface area (Å²) in [6.07, 6.45) is 9.05. The first-order valence-electron chi connectivity index (χ1n) is 7.60. The Morgan fingerprint density at radius 1 is 1.30 bits per heavy atom. The highest BCUT2D eigenvalue weighted by molar-refractivity contribution is 5.75. The van der Waals surface area contributed by atoms with Crippen LogP contribution in [0.4, 0.5) is 0 Å². The van der Waals surface area contributed by atoms with E-state index >= 15 is 0 Å². The van der Waals surface area contributed by atoms with E-state index in [9.17, 15) is 4.79 Å². The molecule has 0 bridgehead atoms. The van der Waals surface area contributed by atoms with Crippen LogP contribution in [0.15, 0.2) is 18.3 Å². The minimum Gasteiger partial charge on any atom is -0.478 e. The summed E-state index contributed by atoms with van der Waals surface area (Å²) in [4.78, 5) is 16.1. The molecule has 1 fully saturated rings. The highest BCUT2D eigenvalue weighted by atomic mass is 16.5. The smallest absolute Gasteiger partial charge is 0.314 e. The number of ether oxygens (including phenoxy) is 2. The van der Waals surface area contributed by atoms with E-state index in [2.05, 4.69) is 11.9 Å². The molecule has 0 amide bonds. The predicted molar refractivity (Wildman–Crippen MR) is 76.9 cm³/mol. The molecule has 1 saturated carbocycles. The van der Waals surface area contributed by atoms with Gasteiger partial charge in [0.2, 0.25) is 5.88 Å². The van der Waals surface area contributed by atoms with Gasteiger partial charge in [0.05, 0.1) is 18.7 Å². The van der Waals surface area contributed by atoms with Crippen LogP contribution in [0.1, 0.15) is 51.9 Å². The van der Waals surface area contributed by atoms with Crippen LogP contribution >= 0.6 is 0 Å². The minimum absolute atomic E-state index is 0.0595. The maximum atomic E-state index is 12.0. The Labute approximate surface area is 120 Å². The first-order valence-corrected chi connectivity index (χ1v) is 7.60. The Hall–Kier alpha value is -1.58. The van der Waals surface area contributed by atoms with Gasteiger partial charge in [0.25, 0.3) is 0 Å². The molecule has 1 aliphatic carbocycles. The van der Waals surface area contributed by atoms with Crippen LogP contribution in [-0.4, -0.2) is 17.6 Å². The summed E-state index contributed by atoms with van der Waals surface area (Å²) in [6.45, 7) is 2.79. The van der Waals surface area contributed by atoms with Crippen LogP contribution in [0.3, 0.4) is 0 Å². The van der Waals surface area contributed by atoms with Crippen molar-refractivity contribution < 1.29 is 14.3 Å². The van der Waals surface area contributed by atoms with Gasteiger partial charge in [0.15, 0.2) is 0 Å². The molecule has 0 aromatic carbocycles. The number of hydrogen-bond donors (Lipinski definition) is 0. The summed E-state index contributed by atoms with van der Waals surface area (Å²) < 4.78 is 10.8. The molecule has 4 nitrogen and oxygen atoms in total. The van der Waals surface area contributed by atoms with Crippen molar-refractivity contribution in [3.63, 3.8) is 0 Å². The molecule has 1 aromatic rings. The van der Waals surface area contributed by atoms with Crippen LogP contribution in [0.5, 0.6) is 11.6 Å². The molecule has 20 heavy (non-hydrogen) atoms. The summed E-state index contributed by atoms with van der Waals surface area (Å²) in [5.74, 6) is 1.02. The van der Waals surface area contributed by atoms with E-state index in [-0.39, 0.29) is 11.9 Å². The van der Waals surface area contributed by atoms with Crippen LogP contribution in [0.2, 0.25) is 0 Å². The Morgan fingerprint density at radius 2 is 2.10 bits per heavy atom. The van der Waals surface area contributed by atoms with Gasteiger partial charge in [0.1, 0.15) is 5.75 Å². The van der Waals surface area contributed by atoms with Crippen LogP contribution < -0.4 is 9.47 Å². The number of unbranched alkanes of at least 4 members (excludes halogenated alkanes) is 1. The SMILES string of the molecule is CCCCOc1ccc(OC(=O)C2CCCCC2)cn1. The molecule has 0 unspecified atom stereocenters. The highest BCUT2D eigenvalue weighted by Gasteiger charge is 2.22. The van der Waals surface area contributed by atoms with Gasteiger partial charge in [-0.25, -0.2) is 4.98 Å². The van der Waals surface area contributed by atoms with Crippen molar-refractivity contribution in [3.05, 3.63) is 18.3 Å². The predicted octanol–water partition coefficient (Wildman–Crippen LogP) is 3.75. The van der Waals surface area contributed by atoms with Crippen molar-refractivity contribution in [1.82, 2.24) is 4.98 Å². The third kappa shape index (κ3) is 4.51. The third-order valence-corrected chi connectivity index (χ3v) is 3.61. The summed E-state index contributed by atoms with van der Waals surface area (Å²) in [5, 5.41) is 0. The number of esters is 1. The maximum Gasteiger partial charge on any atom is 0.314 e. The lowest BCUT2D eigenvalue weighted by Crippen LogP contribution is -2.22. The molecule has 2 rings (SSSR count). The van der Waals surface area contributed by atoms with Gasteiger partial charge in [-0.05, 0) is 25.3 Å². The molecule has 1 aliphatic rings. The van der Waals surface area contributed by atoms with Crippen LogP contribution in [0.25, 0.3) is 0 Å². The average Bonchev–Trinajstić information content (AvgIpc) is 2.50. The molecule has 4 heteroatoms. The van der Waals surface area contributed by atoms with Gasteiger partial charge in [-0.2, -0.15) is 0 Å². The summed E-state index contributed by atoms with van der Waals surface area (Å²) in [5.41, 5.74) is 0. The second-order valence-corrected chi connectivity index (χ2v) is 5.29. The highest BCUT2D eigenvalue weighted by Crippen LogP contribution is 2.25. The number of nitrogens with zero attached hydrogens (tertiary/aromatic N) is 1. The van der Waals surface area contributed by atoms with Crippen molar-refractivity contribution in [2.75, 3.05) is 6.61 Å². The lowest BCUT2D eigenvalue weighted by Gasteiger charge is -2.19. The number of pyridine rings is 1. The van der Waals surface area contributed by atoms with E-state index < -0.39 is 0 Å². The lowest BCUT2D eigenvalue weighted by atomic mass is 9.89. The molecule has 110 valence electrons. The molecule has 0 aliphatic heterocycles. The summed E-state index contributed by atoms with van der Waals surface area (Å²) in [7, 11) is 0. The topological polar surface area (TPSA) is 48.4 Å². The third-order valence-electron chi connectivity index (χ3n) is 3.61. The standard InChI is InChI=1S/C16H23NO3/c1-2-3-11-19-15-10-9-14(12-17-15)20-16(18)13-7-5-4-6-8-13/h9-10,12-13H,2-8,11H2,1H3. The Balaban J connectivity index is 1.81. The van der Waals surface area contributed by atoms with Crippen molar-refractivity contribution in [2.45, 2.75) is 51.9 Å². The molecule has 1 aromatic heterocycles. The Morgan fingerprint density at radius 3 is 2.75 bits per heavy atom. The molecule has 0 radical (unpaired) electrons. The Bertz CT molecular complexity index is 410. The summed E-state index contributed by atoms with van der Waals surface area (Å²) in [6, 6.07) is 3.49. The van der Waals surface area contributed by atoms with E-state index in [1.807, 2.05) is 0 Å². The van der Waals surface area contributed by atoms with E-state index in [0.717, 1.165) is 38.5 Å². The average molecular weight is 277 g/mol. The monoisotopic (exact) mass is 277 g/mol. The van der Waals surface area contributed by atoms with Gasteiger partial charge in [-0.15, -0.1) is 0 Å². The van der Waals surface area contributed by atoms with Crippen molar-refractivity contribution in [1.29, 1.82) is 0 Å². The van der Waals surface area contributed by atoms with Crippen molar-refractivity contribution in [3.8, 4) is 11.6 Å². The quantitative estimate of drug-likeness (QED) is 0.587. The fourth-order valence-electron chi connectivity index (χ4n) is 2.37. The second-order valence-electron chi connectivity index (χ2n) is 5.29. The number of hydrogen-bond acceptors (Lipinski definition) is 4. The molecule has 0 N–H and O–H groups in total. The van der Waals surface area contributed by atoms with Gasteiger partial charge >= 0.3 is 5.97 Å². The van der Waals surface area contributed by atoms with Crippen molar-refractivity contribution in [2.24, 2.45) is 5.92 Å². The first-order chi connectivity index (χ1) is 9.79. The van der Waals surface area contributed by atoms with Crippen molar-refractivity contribution >= 4 is 5.97 Å². The Kier molecular flexibility index (Phi) is 5.84. The largest absolute Gasteiger partial charge is 0.478 e. The van der Waals surface area contributed by atoms with Gasteiger partial charge in [-0.3, -0.25) is 4.79 Å². The number of rotatable bonds is 6. The molecule has 1 heterocycles. The normalized spacial score (nSPS) is 15.8. The van der Waals surface area contributed by atoms with E-state index in [1.165, 1.54) is 6.42 Å². The zero-order valence-electron chi connectivity index (χ0n) is 12.1. The molecule has 0 atom stereocenters. The number of aromatic nitrogens is 1. The van der Waals surface area contributed by atoms with E-state index in [0.29, 0.717) is 18.2 Å². The lowest BCUT2D eigenvalue weighted by molar-refractivity contribution is -0.140. The zero-order chi connectivity index (χ0) is 14.2. The minimum atomic E-state index is -0.119. The van der Waals surface area contributed by atoms with Gasteiger partial charge in [-0.1, -0.05) is 32.6 Å². The second kappa shape index (κ2) is 7.88. The molecule has 0 spiro atoms.